The van der Waals surface area contributed by atoms with E-state index in [2.05, 4.69) is 15.5 Å². The summed E-state index contributed by atoms with van der Waals surface area (Å²) in [6, 6.07) is 11.5. The number of anilines is 1. The van der Waals surface area contributed by atoms with Gasteiger partial charge in [0, 0.05) is 24.8 Å². The van der Waals surface area contributed by atoms with Gasteiger partial charge in [0.25, 0.3) is 5.91 Å². The van der Waals surface area contributed by atoms with E-state index in [-0.39, 0.29) is 10.6 Å². The summed E-state index contributed by atoms with van der Waals surface area (Å²) in [6.45, 7) is 3.44. The minimum absolute atomic E-state index is 0.0858. The number of hydrogen-bond acceptors (Lipinski definition) is 5. The highest BCUT2D eigenvalue weighted by atomic mass is 35.5. The monoisotopic (exact) mass is 433 g/mol. The summed E-state index contributed by atoms with van der Waals surface area (Å²) < 4.78 is 25.9. The van der Waals surface area contributed by atoms with Gasteiger partial charge in [-0.3, -0.25) is 4.79 Å². The Balaban J connectivity index is 1.92. The smallest absolute Gasteiger partial charge is 0.278 e. The van der Waals surface area contributed by atoms with Gasteiger partial charge in [0.2, 0.25) is 10.0 Å². The number of benzene rings is 2. The van der Waals surface area contributed by atoms with E-state index in [4.69, 9.17) is 11.6 Å². The van der Waals surface area contributed by atoms with Crippen molar-refractivity contribution < 1.29 is 13.2 Å². The third-order valence-electron chi connectivity index (χ3n) is 4.27. The predicted molar refractivity (Wildman–Crippen MR) is 111 cm³/mol. The molecule has 2 aromatic carbocycles. The fourth-order valence-electron chi connectivity index (χ4n) is 2.59. The van der Waals surface area contributed by atoms with Crippen LogP contribution in [0.25, 0.3) is 5.69 Å². The summed E-state index contributed by atoms with van der Waals surface area (Å²) in [4.78, 5) is 14.2. The second-order valence-electron chi connectivity index (χ2n) is 6.62. The lowest BCUT2D eigenvalue weighted by Crippen LogP contribution is -2.22. The molecule has 1 aromatic heterocycles. The molecule has 3 rings (SSSR count). The molecule has 0 atom stereocenters. The lowest BCUT2D eigenvalue weighted by molar-refractivity contribution is 0.102. The maximum absolute atomic E-state index is 12.8. The van der Waals surface area contributed by atoms with Crippen LogP contribution in [0.4, 0.5) is 5.69 Å². The molecule has 1 amide bonds. The van der Waals surface area contributed by atoms with Crippen LogP contribution in [-0.2, 0) is 10.0 Å². The number of halogens is 1. The summed E-state index contributed by atoms with van der Waals surface area (Å²) in [5.41, 5.74) is 2.28. The summed E-state index contributed by atoms with van der Waals surface area (Å²) in [5.74, 6) is -0.488. The molecule has 0 spiro atoms. The Morgan fingerprint density at radius 2 is 1.83 bits per heavy atom. The molecule has 0 aliphatic rings. The summed E-state index contributed by atoms with van der Waals surface area (Å²) >= 11 is 6.00. The molecule has 0 saturated heterocycles. The number of carbonyl (C=O) groups excluding carboxylic acids is 1. The Morgan fingerprint density at radius 3 is 2.48 bits per heavy atom. The molecule has 1 N–H and O–H groups in total. The molecule has 0 unspecified atom stereocenters. The number of hydrogen-bond donors (Lipinski definition) is 1. The third kappa shape index (κ3) is 4.31. The number of amides is 1. The van der Waals surface area contributed by atoms with E-state index in [9.17, 15) is 13.2 Å². The minimum Gasteiger partial charge on any atom is -0.320 e. The SMILES string of the molecule is Cc1ccc(S(=O)(=O)N(C)C)cc1NC(=O)c1nn(-c2cccc(Cl)c2)nc1C. The van der Waals surface area contributed by atoms with Crippen LogP contribution in [0, 0.1) is 13.8 Å². The van der Waals surface area contributed by atoms with E-state index in [1.807, 2.05) is 0 Å². The topological polar surface area (TPSA) is 97.2 Å². The summed E-state index contributed by atoms with van der Waals surface area (Å²) in [5, 5.41) is 11.8. The summed E-state index contributed by atoms with van der Waals surface area (Å²) in [6.07, 6.45) is 0. The van der Waals surface area contributed by atoms with Gasteiger partial charge in [0.05, 0.1) is 16.3 Å². The Morgan fingerprint density at radius 1 is 1.10 bits per heavy atom. The minimum atomic E-state index is -3.62. The first-order chi connectivity index (χ1) is 13.6. The zero-order valence-corrected chi connectivity index (χ0v) is 17.9. The average molecular weight is 434 g/mol. The van der Waals surface area contributed by atoms with E-state index < -0.39 is 15.9 Å². The van der Waals surface area contributed by atoms with Crippen molar-refractivity contribution in [3.63, 3.8) is 0 Å². The molecular weight excluding hydrogens is 414 g/mol. The van der Waals surface area contributed by atoms with Gasteiger partial charge in [-0.25, -0.2) is 12.7 Å². The van der Waals surface area contributed by atoms with Crippen molar-refractivity contribution in [1.29, 1.82) is 0 Å². The fourth-order valence-corrected chi connectivity index (χ4v) is 3.71. The van der Waals surface area contributed by atoms with Crippen molar-refractivity contribution >= 4 is 33.2 Å². The summed E-state index contributed by atoms with van der Waals surface area (Å²) in [7, 11) is -0.725. The van der Waals surface area contributed by atoms with Crippen LogP contribution in [0.15, 0.2) is 47.4 Å². The van der Waals surface area contributed by atoms with Gasteiger partial charge in [-0.2, -0.15) is 9.90 Å². The van der Waals surface area contributed by atoms with Gasteiger partial charge in [0.15, 0.2) is 5.69 Å². The Hall–Kier alpha value is -2.75. The number of rotatable bonds is 5. The quantitative estimate of drug-likeness (QED) is 0.667. The van der Waals surface area contributed by atoms with E-state index in [1.165, 1.54) is 31.0 Å². The number of nitrogens with zero attached hydrogens (tertiary/aromatic N) is 4. The Kier molecular flexibility index (Phi) is 5.74. The van der Waals surface area contributed by atoms with E-state index in [0.29, 0.717) is 22.1 Å². The third-order valence-corrected chi connectivity index (χ3v) is 6.32. The number of aryl methyl sites for hydroxylation is 2. The van der Waals surface area contributed by atoms with Crippen LogP contribution in [-0.4, -0.2) is 47.7 Å². The number of aromatic nitrogens is 3. The second-order valence-corrected chi connectivity index (χ2v) is 9.21. The predicted octanol–water partition coefficient (Wildman–Crippen LogP) is 3.04. The second kappa shape index (κ2) is 7.94. The highest BCUT2D eigenvalue weighted by Crippen LogP contribution is 2.23. The van der Waals surface area contributed by atoms with Crippen LogP contribution in [0.1, 0.15) is 21.7 Å². The maximum Gasteiger partial charge on any atom is 0.278 e. The van der Waals surface area contributed by atoms with Gasteiger partial charge in [0.1, 0.15) is 0 Å². The van der Waals surface area contributed by atoms with Gasteiger partial charge >= 0.3 is 0 Å². The zero-order valence-electron chi connectivity index (χ0n) is 16.3. The molecule has 0 aliphatic carbocycles. The molecule has 0 radical (unpaired) electrons. The standard InChI is InChI=1S/C19H20ClN5O3S/c1-12-8-9-16(29(27,28)24(3)4)11-17(12)21-19(26)18-13(2)22-25(23-18)15-7-5-6-14(20)10-15/h5-11H,1-4H3,(H,21,26). The van der Waals surface area contributed by atoms with Crippen molar-refractivity contribution in [2.45, 2.75) is 18.7 Å². The first-order valence-electron chi connectivity index (χ1n) is 8.64. The molecule has 8 nitrogen and oxygen atoms in total. The Labute approximate surface area is 174 Å². The van der Waals surface area contributed by atoms with Gasteiger partial charge < -0.3 is 5.32 Å². The van der Waals surface area contributed by atoms with Crippen LogP contribution in [0.5, 0.6) is 0 Å². The molecule has 0 saturated carbocycles. The molecule has 3 aromatic rings. The van der Waals surface area contributed by atoms with Crippen molar-refractivity contribution in [2.24, 2.45) is 0 Å². The number of sulfonamides is 1. The lowest BCUT2D eigenvalue weighted by Gasteiger charge is -2.14. The molecule has 0 fully saturated rings. The van der Waals surface area contributed by atoms with Crippen molar-refractivity contribution in [2.75, 3.05) is 19.4 Å². The van der Waals surface area contributed by atoms with Crippen LogP contribution in [0.3, 0.4) is 0 Å². The van der Waals surface area contributed by atoms with Crippen LogP contribution in [0.2, 0.25) is 5.02 Å². The lowest BCUT2D eigenvalue weighted by atomic mass is 10.2. The highest BCUT2D eigenvalue weighted by Gasteiger charge is 2.21. The van der Waals surface area contributed by atoms with Crippen molar-refractivity contribution in [3.8, 4) is 5.69 Å². The molecule has 0 aliphatic heterocycles. The average Bonchev–Trinajstić information content (AvgIpc) is 3.05. The molecular formula is C19H20ClN5O3S. The largest absolute Gasteiger partial charge is 0.320 e. The molecule has 1 heterocycles. The van der Waals surface area contributed by atoms with E-state index >= 15 is 0 Å². The van der Waals surface area contributed by atoms with E-state index in [1.54, 1.807) is 44.2 Å². The van der Waals surface area contributed by atoms with Gasteiger partial charge in [-0.15, -0.1) is 5.10 Å². The molecule has 0 bridgehead atoms. The van der Waals surface area contributed by atoms with E-state index in [0.717, 1.165) is 9.87 Å². The van der Waals surface area contributed by atoms with Crippen molar-refractivity contribution in [3.05, 3.63) is 64.4 Å². The fraction of sp³-hybridized carbons (Fsp3) is 0.211. The first-order valence-corrected chi connectivity index (χ1v) is 10.5. The maximum atomic E-state index is 12.8. The number of nitrogens with one attached hydrogen (secondary N) is 1. The van der Waals surface area contributed by atoms with Crippen LogP contribution >= 0.6 is 11.6 Å². The Bertz CT molecular complexity index is 1190. The molecule has 10 heteroatoms. The first kappa shape index (κ1) is 21.0. The van der Waals surface area contributed by atoms with Crippen molar-refractivity contribution in [1.82, 2.24) is 19.3 Å². The zero-order chi connectivity index (χ0) is 21.3. The normalized spacial score (nSPS) is 11.7. The van der Waals surface area contributed by atoms with Crippen LogP contribution < -0.4 is 5.32 Å². The molecule has 152 valence electrons. The van der Waals surface area contributed by atoms with Gasteiger partial charge in [-0.1, -0.05) is 23.7 Å². The highest BCUT2D eigenvalue weighted by molar-refractivity contribution is 7.89. The van der Waals surface area contributed by atoms with Gasteiger partial charge in [-0.05, 0) is 49.7 Å². The molecule has 29 heavy (non-hydrogen) atoms. The number of carbonyl (C=O) groups is 1.